The molecule has 4 heteroatoms. The van der Waals surface area contributed by atoms with E-state index in [4.69, 9.17) is 16.3 Å². The van der Waals surface area contributed by atoms with Gasteiger partial charge in [-0.05, 0) is 17.7 Å². The van der Waals surface area contributed by atoms with E-state index in [1.54, 1.807) is 7.11 Å². The number of benzene rings is 2. The Bertz CT molecular complexity index is 1130. The highest BCUT2D eigenvalue weighted by Gasteiger charge is 2.15. The Hall–Kier alpha value is -2.78. The molecule has 0 aliphatic carbocycles. The van der Waals surface area contributed by atoms with Gasteiger partial charge >= 0.3 is 0 Å². The smallest absolute Gasteiger partial charge is 0.204 e. The summed E-state index contributed by atoms with van der Waals surface area (Å²) >= 11 is 6.23. The van der Waals surface area contributed by atoms with Gasteiger partial charge < -0.3 is 9.30 Å². The first-order valence-electron chi connectivity index (χ1n) is 8.02. The third-order valence-corrected chi connectivity index (χ3v) is 4.71. The Morgan fingerprint density at radius 3 is 2.44 bits per heavy atom. The zero-order chi connectivity index (χ0) is 17.4. The summed E-state index contributed by atoms with van der Waals surface area (Å²) < 4.78 is 7.42. The maximum absolute atomic E-state index is 12.9. The van der Waals surface area contributed by atoms with Crippen molar-refractivity contribution >= 4 is 33.4 Å². The van der Waals surface area contributed by atoms with Gasteiger partial charge in [0.2, 0.25) is 5.43 Å². The Morgan fingerprint density at radius 2 is 1.68 bits per heavy atom. The number of halogens is 1. The topological polar surface area (TPSA) is 31.2 Å². The molecule has 0 fully saturated rings. The van der Waals surface area contributed by atoms with Crippen molar-refractivity contribution in [2.24, 2.45) is 0 Å². The highest BCUT2D eigenvalue weighted by molar-refractivity contribution is 6.32. The molecule has 3 aromatic carbocycles. The minimum atomic E-state index is -0.115. The molecule has 0 aliphatic rings. The molecule has 0 amide bonds. The Morgan fingerprint density at radius 1 is 0.960 bits per heavy atom. The van der Waals surface area contributed by atoms with Gasteiger partial charge in [0, 0.05) is 28.9 Å². The molecule has 0 saturated heterocycles. The third kappa shape index (κ3) is 2.67. The summed E-state index contributed by atoms with van der Waals surface area (Å²) in [5, 5.41) is 2.18. The van der Waals surface area contributed by atoms with Gasteiger partial charge in [-0.1, -0.05) is 60.1 Å². The van der Waals surface area contributed by atoms with Crippen molar-refractivity contribution in [1.29, 1.82) is 0 Å². The lowest BCUT2D eigenvalue weighted by molar-refractivity contribution is 0.416. The van der Waals surface area contributed by atoms with Gasteiger partial charge in [-0.15, -0.1) is 0 Å². The van der Waals surface area contributed by atoms with Crippen molar-refractivity contribution in [3.8, 4) is 5.75 Å². The standard InChI is InChI=1S/C21H16ClNO2/c1-25-20-11-16-15-9-5-6-10-18(15)23(13-14-7-3-2-4-8-14)21(16)19(24)12-17(20)22/h2-12H,13H2,1H3. The second-order valence-electron chi connectivity index (χ2n) is 5.92. The van der Waals surface area contributed by atoms with Crippen molar-refractivity contribution in [3.05, 3.63) is 87.5 Å². The first-order chi connectivity index (χ1) is 12.2. The summed E-state index contributed by atoms with van der Waals surface area (Å²) in [4.78, 5) is 12.9. The van der Waals surface area contributed by atoms with Gasteiger partial charge in [0.25, 0.3) is 0 Å². The van der Waals surface area contributed by atoms with E-state index in [0.717, 1.165) is 21.9 Å². The zero-order valence-corrected chi connectivity index (χ0v) is 14.5. The molecule has 0 aliphatic heterocycles. The summed E-state index contributed by atoms with van der Waals surface area (Å²) in [6.07, 6.45) is 0. The first-order valence-corrected chi connectivity index (χ1v) is 8.39. The maximum atomic E-state index is 12.9. The van der Waals surface area contributed by atoms with Crippen LogP contribution in [0.5, 0.6) is 5.75 Å². The second-order valence-corrected chi connectivity index (χ2v) is 6.33. The summed E-state index contributed by atoms with van der Waals surface area (Å²) in [6, 6.07) is 21.4. The highest BCUT2D eigenvalue weighted by atomic mass is 35.5. The molecule has 1 heterocycles. The molecule has 0 N–H and O–H groups in total. The van der Waals surface area contributed by atoms with Crippen LogP contribution in [0.15, 0.2) is 71.5 Å². The fourth-order valence-corrected chi connectivity index (χ4v) is 3.51. The second kappa shape index (κ2) is 6.26. The predicted molar refractivity (Wildman–Crippen MR) is 103 cm³/mol. The number of aromatic nitrogens is 1. The first kappa shape index (κ1) is 15.7. The number of para-hydroxylation sites is 1. The van der Waals surface area contributed by atoms with Crippen LogP contribution < -0.4 is 10.2 Å². The Labute approximate surface area is 150 Å². The third-order valence-electron chi connectivity index (χ3n) is 4.42. The maximum Gasteiger partial charge on any atom is 0.204 e. The molecule has 3 nitrogen and oxygen atoms in total. The lowest BCUT2D eigenvalue weighted by Crippen LogP contribution is -2.06. The van der Waals surface area contributed by atoms with Crippen molar-refractivity contribution < 1.29 is 4.74 Å². The van der Waals surface area contributed by atoms with Crippen LogP contribution in [0.2, 0.25) is 5.02 Å². The number of ether oxygens (including phenoxy) is 1. The fourth-order valence-electron chi connectivity index (χ4n) is 3.28. The van der Waals surface area contributed by atoms with Crippen LogP contribution in [-0.4, -0.2) is 11.7 Å². The molecule has 0 radical (unpaired) electrons. The van der Waals surface area contributed by atoms with Gasteiger partial charge in [-0.25, -0.2) is 0 Å². The van der Waals surface area contributed by atoms with Crippen LogP contribution in [0.3, 0.4) is 0 Å². The molecule has 4 aromatic rings. The van der Waals surface area contributed by atoms with Gasteiger partial charge in [0.05, 0.1) is 17.6 Å². The molecule has 0 atom stereocenters. The van der Waals surface area contributed by atoms with Gasteiger partial charge in [0.15, 0.2) is 0 Å². The van der Waals surface area contributed by atoms with Crippen molar-refractivity contribution in [1.82, 2.24) is 4.57 Å². The molecule has 0 saturated carbocycles. The molecule has 1 aromatic heterocycles. The minimum absolute atomic E-state index is 0.115. The van der Waals surface area contributed by atoms with Crippen molar-refractivity contribution in [2.45, 2.75) is 6.54 Å². The van der Waals surface area contributed by atoms with Crippen LogP contribution in [0, 0.1) is 0 Å². The summed E-state index contributed by atoms with van der Waals surface area (Å²) in [7, 11) is 1.56. The summed E-state index contributed by atoms with van der Waals surface area (Å²) in [6.45, 7) is 0.615. The van der Waals surface area contributed by atoms with Crippen LogP contribution >= 0.6 is 11.6 Å². The zero-order valence-electron chi connectivity index (χ0n) is 13.7. The monoisotopic (exact) mass is 349 g/mol. The van der Waals surface area contributed by atoms with Crippen LogP contribution in [0.1, 0.15) is 5.56 Å². The van der Waals surface area contributed by atoms with Crippen LogP contribution in [0.4, 0.5) is 0 Å². The van der Waals surface area contributed by atoms with E-state index in [0.29, 0.717) is 22.8 Å². The highest BCUT2D eigenvalue weighted by Crippen LogP contribution is 2.32. The van der Waals surface area contributed by atoms with E-state index in [1.807, 2.05) is 48.5 Å². The van der Waals surface area contributed by atoms with Crippen LogP contribution in [-0.2, 0) is 6.54 Å². The molecule has 0 bridgehead atoms. The summed E-state index contributed by atoms with van der Waals surface area (Å²) in [5.41, 5.74) is 2.67. The molecule has 124 valence electrons. The molecule has 4 rings (SSSR count). The number of nitrogens with zero attached hydrogens (tertiary/aromatic N) is 1. The number of fused-ring (bicyclic) bond motifs is 3. The molecular formula is C21H16ClNO2. The lowest BCUT2D eigenvalue weighted by Gasteiger charge is -2.06. The molecule has 0 unspecified atom stereocenters. The molecule has 25 heavy (non-hydrogen) atoms. The quantitative estimate of drug-likeness (QED) is 0.528. The van der Waals surface area contributed by atoms with Gasteiger partial charge in [0.1, 0.15) is 5.75 Å². The number of hydrogen-bond donors (Lipinski definition) is 0. The van der Waals surface area contributed by atoms with E-state index in [1.165, 1.54) is 6.07 Å². The minimum Gasteiger partial charge on any atom is -0.495 e. The average Bonchev–Trinajstić information content (AvgIpc) is 2.86. The predicted octanol–water partition coefficient (Wildman–Crippen LogP) is 4.87. The number of methoxy groups -OCH3 is 1. The molecule has 0 spiro atoms. The van der Waals surface area contributed by atoms with E-state index in [-0.39, 0.29) is 5.43 Å². The largest absolute Gasteiger partial charge is 0.495 e. The van der Waals surface area contributed by atoms with Crippen molar-refractivity contribution in [2.75, 3.05) is 7.11 Å². The normalized spacial score (nSPS) is 11.1. The van der Waals surface area contributed by atoms with Gasteiger partial charge in [-0.3, -0.25) is 4.79 Å². The Balaban J connectivity index is 2.13. The van der Waals surface area contributed by atoms with E-state index in [9.17, 15) is 4.79 Å². The lowest BCUT2D eigenvalue weighted by atomic mass is 10.2. The Kier molecular flexibility index (Phi) is 3.94. The fraction of sp³-hybridized carbons (Fsp3) is 0.0952. The molecular weight excluding hydrogens is 334 g/mol. The van der Waals surface area contributed by atoms with E-state index in [2.05, 4.69) is 16.7 Å². The summed E-state index contributed by atoms with van der Waals surface area (Å²) in [5.74, 6) is 0.497. The van der Waals surface area contributed by atoms with Crippen molar-refractivity contribution in [3.63, 3.8) is 0 Å². The number of hydrogen-bond acceptors (Lipinski definition) is 2. The van der Waals surface area contributed by atoms with Crippen LogP contribution in [0.25, 0.3) is 21.8 Å². The van der Waals surface area contributed by atoms with Gasteiger partial charge in [-0.2, -0.15) is 0 Å². The van der Waals surface area contributed by atoms with E-state index >= 15 is 0 Å². The SMILES string of the molecule is COc1cc2c3ccccc3n(Cc3ccccc3)c2c(=O)cc1Cl. The number of rotatable bonds is 3. The van der Waals surface area contributed by atoms with E-state index < -0.39 is 0 Å². The average molecular weight is 350 g/mol.